The van der Waals surface area contributed by atoms with E-state index in [1.54, 1.807) is 7.11 Å². The van der Waals surface area contributed by atoms with E-state index in [1.165, 1.54) is 5.56 Å². The third-order valence-electron chi connectivity index (χ3n) is 3.25. The molecule has 0 unspecified atom stereocenters. The first kappa shape index (κ1) is 14.6. The fourth-order valence-corrected chi connectivity index (χ4v) is 2.60. The van der Waals surface area contributed by atoms with Crippen LogP contribution in [0.5, 0.6) is 5.75 Å². The minimum absolute atomic E-state index is 0.132. The molecule has 0 amide bonds. The van der Waals surface area contributed by atoms with Gasteiger partial charge in [0, 0.05) is 43.8 Å². The molecule has 0 saturated carbocycles. The second-order valence-electron chi connectivity index (χ2n) is 4.64. The molecule has 1 N–H and O–H groups in total. The standard InChI is InChI=1S/C14H20ClNO3/c1-18-7-4-16(3-5-17)10-12-9-13(15)8-11-2-6-19-14(11)12/h8-9,17H,2-7,10H2,1H3. The average molecular weight is 286 g/mol. The second kappa shape index (κ2) is 7.10. The number of fused-ring (bicyclic) bond motifs is 1. The largest absolute Gasteiger partial charge is 0.493 e. The maximum atomic E-state index is 9.12. The summed E-state index contributed by atoms with van der Waals surface area (Å²) < 4.78 is 10.8. The molecule has 5 heteroatoms. The topological polar surface area (TPSA) is 41.9 Å². The van der Waals surface area contributed by atoms with Gasteiger partial charge in [-0.2, -0.15) is 0 Å². The zero-order chi connectivity index (χ0) is 13.7. The van der Waals surface area contributed by atoms with Crippen LogP contribution < -0.4 is 4.74 Å². The molecule has 1 aliphatic rings. The number of aliphatic hydroxyl groups is 1. The van der Waals surface area contributed by atoms with Gasteiger partial charge in [0.05, 0.1) is 19.8 Å². The Bertz CT molecular complexity index is 425. The molecule has 2 rings (SSSR count). The molecule has 106 valence electrons. The summed E-state index contributed by atoms with van der Waals surface area (Å²) in [6, 6.07) is 3.92. The minimum atomic E-state index is 0.132. The predicted octanol–water partition coefficient (Wildman–Crippen LogP) is 1.72. The molecular weight excluding hydrogens is 266 g/mol. The van der Waals surface area contributed by atoms with Crippen LogP contribution >= 0.6 is 11.6 Å². The Balaban J connectivity index is 2.12. The van der Waals surface area contributed by atoms with Crippen molar-refractivity contribution >= 4 is 11.6 Å². The summed E-state index contributed by atoms with van der Waals surface area (Å²) in [4.78, 5) is 2.14. The van der Waals surface area contributed by atoms with Gasteiger partial charge in [0.15, 0.2) is 0 Å². The number of halogens is 1. The number of rotatable bonds is 7. The van der Waals surface area contributed by atoms with E-state index in [9.17, 15) is 0 Å². The number of benzene rings is 1. The van der Waals surface area contributed by atoms with Gasteiger partial charge in [-0.3, -0.25) is 4.90 Å². The van der Waals surface area contributed by atoms with E-state index in [4.69, 9.17) is 26.2 Å². The molecule has 1 aliphatic heterocycles. The monoisotopic (exact) mass is 285 g/mol. The number of nitrogens with zero attached hydrogens (tertiary/aromatic N) is 1. The molecule has 1 aromatic carbocycles. The maximum Gasteiger partial charge on any atom is 0.127 e. The van der Waals surface area contributed by atoms with Gasteiger partial charge in [-0.15, -0.1) is 0 Å². The Morgan fingerprint density at radius 3 is 3.00 bits per heavy atom. The van der Waals surface area contributed by atoms with E-state index < -0.39 is 0 Å². The highest BCUT2D eigenvalue weighted by molar-refractivity contribution is 6.30. The van der Waals surface area contributed by atoms with Crippen molar-refractivity contribution in [1.29, 1.82) is 0 Å². The number of ether oxygens (including phenoxy) is 2. The molecule has 4 nitrogen and oxygen atoms in total. The molecule has 0 bridgehead atoms. The lowest BCUT2D eigenvalue weighted by Crippen LogP contribution is -2.30. The van der Waals surface area contributed by atoms with Crippen molar-refractivity contribution in [3.63, 3.8) is 0 Å². The van der Waals surface area contributed by atoms with Crippen LogP contribution in [0.15, 0.2) is 12.1 Å². The zero-order valence-electron chi connectivity index (χ0n) is 11.2. The lowest BCUT2D eigenvalue weighted by Gasteiger charge is -2.22. The molecule has 0 fully saturated rings. The fraction of sp³-hybridized carbons (Fsp3) is 0.571. The van der Waals surface area contributed by atoms with Crippen LogP contribution in [-0.2, 0) is 17.7 Å². The third-order valence-corrected chi connectivity index (χ3v) is 3.47. The van der Waals surface area contributed by atoms with E-state index in [-0.39, 0.29) is 6.61 Å². The van der Waals surface area contributed by atoms with Crippen LogP contribution in [0.1, 0.15) is 11.1 Å². The van der Waals surface area contributed by atoms with Gasteiger partial charge >= 0.3 is 0 Å². The minimum Gasteiger partial charge on any atom is -0.493 e. The average Bonchev–Trinajstić information content (AvgIpc) is 2.84. The van der Waals surface area contributed by atoms with Crippen LogP contribution in [-0.4, -0.2) is 50.0 Å². The number of aliphatic hydroxyl groups excluding tert-OH is 1. The summed E-state index contributed by atoms with van der Waals surface area (Å²) in [5.74, 6) is 0.963. The van der Waals surface area contributed by atoms with Crippen LogP contribution in [0.25, 0.3) is 0 Å². The van der Waals surface area contributed by atoms with Gasteiger partial charge in [0.25, 0.3) is 0 Å². The molecule has 0 atom stereocenters. The van der Waals surface area contributed by atoms with Crippen molar-refractivity contribution in [2.75, 3.05) is 40.0 Å². The van der Waals surface area contributed by atoms with E-state index in [1.807, 2.05) is 12.1 Å². The van der Waals surface area contributed by atoms with Crippen LogP contribution in [0.4, 0.5) is 0 Å². The Kier molecular flexibility index (Phi) is 5.45. The summed E-state index contributed by atoms with van der Waals surface area (Å²) in [6.07, 6.45) is 0.918. The van der Waals surface area contributed by atoms with Crippen molar-refractivity contribution in [3.05, 3.63) is 28.3 Å². The van der Waals surface area contributed by atoms with Gasteiger partial charge in [-0.05, 0) is 17.7 Å². The van der Waals surface area contributed by atoms with Crippen molar-refractivity contribution in [2.45, 2.75) is 13.0 Å². The Hall–Kier alpha value is -0.810. The molecule has 1 aromatic rings. The SMILES string of the molecule is COCCN(CCO)Cc1cc(Cl)cc2c1OCC2. The fourth-order valence-electron chi connectivity index (χ4n) is 2.34. The number of methoxy groups -OCH3 is 1. The van der Waals surface area contributed by atoms with E-state index in [0.29, 0.717) is 19.7 Å². The van der Waals surface area contributed by atoms with Gasteiger partial charge in [0.2, 0.25) is 0 Å². The maximum absolute atomic E-state index is 9.12. The number of hydrogen-bond donors (Lipinski definition) is 1. The molecule has 0 aromatic heterocycles. The smallest absolute Gasteiger partial charge is 0.127 e. The molecule has 1 heterocycles. The lowest BCUT2D eigenvalue weighted by molar-refractivity contribution is 0.126. The molecule has 0 spiro atoms. The summed E-state index contributed by atoms with van der Waals surface area (Å²) in [6.45, 7) is 3.60. The molecular formula is C14H20ClNO3. The molecule has 0 aliphatic carbocycles. The third kappa shape index (κ3) is 3.83. The normalized spacial score (nSPS) is 13.7. The van der Waals surface area contributed by atoms with Crippen molar-refractivity contribution in [1.82, 2.24) is 4.90 Å². The highest BCUT2D eigenvalue weighted by Gasteiger charge is 2.19. The molecule has 0 saturated heterocycles. The van der Waals surface area contributed by atoms with Crippen LogP contribution in [0, 0.1) is 0 Å². The Labute approximate surface area is 118 Å². The van der Waals surface area contributed by atoms with Gasteiger partial charge in [0.1, 0.15) is 5.75 Å². The predicted molar refractivity (Wildman–Crippen MR) is 74.9 cm³/mol. The molecule has 19 heavy (non-hydrogen) atoms. The Morgan fingerprint density at radius 1 is 1.42 bits per heavy atom. The van der Waals surface area contributed by atoms with Gasteiger partial charge in [-0.1, -0.05) is 11.6 Å². The van der Waals surface area contributed by atoms with E-state index >= 15 is 0 Å². The quantitative estimate of drug-likeness (QED) is 0.828. The summed E-state index contributed by atoms with van der Waals surface area (Å²) in [5, 5.41) is 9.87. The lowest BCUT2D eigenvalue weighted by atomic mass is 10.1. The molecule has 0 radical (unpaired) electrons. The van der Waals surface area contributed by atoms with E-state index in [0.717, 1.165) is 35.9 Å². The van der Waals surface area contributed by atoms with Crippen LogP contribution in [0.3, 0.4) is 0 Å². The van der Waals surface area contributed by atoms with Gasteiger partial charge in [-0.25, -0.2) is 0 Å². The van der Waals surface area contributed by atoms with Crippen molar-refractivity contribution in [3.8, 4) is 5.75 Å². The van der Waals surface area contributed by atoms with E-state index in [2.05, 4.69) is 4.90 Å². The van der Waals surface area contributed by atoms with Crippen molar-refractivity contribution < 1.29 is 14.6 Å². The number of hydrogen-bond acceptors (Lipinski definition) is 4. The first-order valence-electron chi connectivity index (χ1n) is 6.51. The first-order chi connectivity index (χ1) is 9.24. The highest BCUT2D eigenvalue weighted by atomic mass is 35.5. The van der Waals surface area contributed by atoms with Crippen molar-refractivity contribution in [2.24, 2.45) is 0 Å². The highest BCUT2D eigenvalue weighted by Crippen LogP contribution is 2.33. The van der Waals surface area contributed by atoms with Crippen LogP contribution in [0.2, 0.25) is 5.02 Å². The second-order valence-corrected chi connectivity index (χ2v) is 5.08. The Morgan fingerprint density at radius 2 is 2.26 bits per heavy atom. The summed E-state index contributed by atoms with van der Waals surface area (Å²) in [7, 11) is 1.68. The summed E-state index contributed by atoms with van der Waals surface area (Å²) >= 11 is 6.15. The zero-order valence-corrected chi connectivity index (χ0v) is 11.9. The first-order valence-corrected chi connectivity index (χ1v) is 6.88. The van der Waals surface area contributed by atoms with Gasteiger partial charge < -0.3 is 14.6 Å². The summed E-state index contributed by atoms with van der Waals surface area (Å²) in [5.41, 5.74) is 2.27.